The lowest BCUT2D eigenvalue weighted by Crippen LogP contribution is -2.14. The average molecular weight is 456 g/mol. The van der Waals surface area contributed by atoms with E-state index in [1.54, 1.807) is 35.4 Å². The fraction of sp³-hybridized carbons (Fsp3) is 0.300. The van der Waals surface area contributed by atoms with Crippen molar-refractivity contribution in [2.24, 2.45) is 0 Å². The van der Waals surface area contributed by atoms with Gasteiger partial charge in [-0.2, -0.15) is 0 Å². The Hall–Kier alpha value is -0.850. The van der Waals surface area contributed by atoms with Gasteiger partial charge in [-0.1, -0.05) is 62.3 Å². The maximum absolute atomic E-state index is 6.51. The Labute approximate surface area is 183 Å². The third-order valence-electron chi connectivity index (χ3n) is 4.15. The van der Waals surface area contributed by atoms with Crippen LogP contribution in [0.2, 0.25) is 10.0 Å². The number of rotatable bonds is 5. The molecule has 7 heteroatoms. The summed E-state index contributed by atoms with van der Waals surface area (Å²) in [6, 6.07) is 7.82. The van der Waals surface area contributed by atoms with Crippen LogP contribution in [0.15, 0.2) is 48.4 Å². The Balaban J connectivity index is 1.92. The van der Waals surface area contributed by atoms with Crippen LogP contribution in [0.3, 0.4) is 0 Å². The fourth-order valence-electron chi connectivity index (χ4n) is 2.79. The third kappa shape index (κ3) is 5.15. The molecule has 3 rings (SSSR count). The van der Waals surface area contributed by atoms with Crippen molar-refractivity contribution in [3.63, 3.8) is 0 Å². The van der Waals surface area contributed by atoms with Crippen LogP contribution < -0.4 is 0 Å². The lowest BCUT2D eigenvalue weighted by molar-refractivity contribution is 0.592. The Morgan fingerprint density at radius 2 is 2.07 bits per heavy atom. The van der Waals surface area contributed by atoms with Gasteiger partial charge in [-0.05, 0) is 40.1 Å². The summed E-state index contributed by atoms with van der Waals surface area (Å²) in [5.41, 5.74) is 2.36. The second-order valence-corrected chi connectivity index (χ2v) is 10.9. The van der Waals surface area contributed by atoms with Crippen LogP contribution >= 0.6 is 58.5 Å². The molecule has 3 aromatic rings. The number of thioether (sulfide) groups is 1. The van der Waals surface area contributed by atoms with Crippen molar-refractivity contribution in [1.82, 2.24) is 9.55 Å². The van der Waals surface area contributed by atoms with E-state index >= 15 is 0 Å². The van der Waals surface area contributed by atoms with Gasteiger partial charge in [-0.25, -0.2) is 4.98 Å². The number of aromatic nitrogens is 2. The first-order chi connectivity index (χ1) is 12.8. The summed E-state index contributed by atoms with van der Waals surface area (Å²) >= 11 is 21.8. The normalized spacial score (nSPS) is 12.9. The van der Waals surface area contributed by atoms with Crippen molar-refractivity contribution in [2.45, 2.75) is 38.0 Å². The summed E-state index contributed by atoms with van der Waals surface area (Å²) in [6.07, 6.45) is 5.54. The Kier molecular flexibility index (Phi) is 6.70. The number of hydrogen-bond donors (Lipinski definition) is 0. The fourth-order valence-corrected chi connectivity index (χ4v) is 6.28. The quantitative estimate of drug-likeness (QED) is 0.373. The van der Waals surface area contributed by atoms with Crippen molar-refractivity contribution < 1.29 is 0 Å². The highest BCUT2D eigenvalue weighted by molar-refractivity contribution is 8.24. The topological polar surface area (TPSA) is 17.8 Å². The van der Waals surface area contributed by atoms with E-state index in [4.69, 9.17) is 35.4 Å². The highest BCUT2D eigenvalue weighted by atomic mass is 35.5. The SMILES string of the molecule is CC(C)(C)c1ccsc1C(=S)SC(Cn1ccnc1)c1ccc(Cl)cc1Cl. The highest BCUT2D eigenvalue weighted by Gasteiger charge is 2.25. The molecule has 0 aliphatic rings. The van der Waals surface area contributed by atoms with Gasteiger partial charge in [0.1, 0.15) is 0 Å². The van der Waals surface area contributed by atoms with Crippen molar-refractivity contribution in [3.8, 4) is 0 Å². The Morgan fingerprint density at radius 3 is 2.70 bits per heavy atom. The smallest absolute Gasteiger partial charge is 0.0946 e. The number of benzene rings is 1. The first-order valence-corrected chi connectivity index (χ1v) is 11.4. The molecule has 2 aromatic heterocycles. The monoisotopic (exact) mass is 454 g/mol. The third-order valence-corrected chi connectivity index (χ3v) is 7.50. The van der Waals surface area contributed by atoms with E-state index < -0.39 is 0 Å². The molecule has 0 amide bonds. The molecule has 0 saturated carbocycles. The molecule has 0 spiro atoms. The van der Waals surface area contributed by atoms with Gasteiger partial charge >= 0.3 is 0 Å². The number of imidazole rings is 1. The summed E-state index contributed by atoms with van der Waals surface area (Å²) in [4.78, 5) is 5.32. The van der Waals surface area contributed by atoms with Gasteiger partial charge in [0.2, 0.25) is 0 Å². The standard InChI is InChI=1S/C20H20Cl2N2S3/c1-20(2,3)15-6-9-26-18(15)19(25)27-17(11-24-8-7-23-12-24)14-5-4-13(21)10-16(14)22/h4-10,12,17H,11H2,1-3H3. The van der Waals surface area contributed by atoms with Crippen LogP contribution in [-0.4, -0.2) is 13.7 Å². The van der Waals surface area contributed by atoms with Crippen LogP contribution in [0.5, 0.6) is 0 Å². The largest absolute Gasteiger partial charge is 0.336 e. The molecular weight excluding hydrogens is 435 g/mol. The van der Waals surface area contributed by atoms with Gasteiger partial charge in [-0.3, -0.25) is 0 Å². The second-order valence-electron chi connectivity index (χ2n) is 7.23. The molecule has 142 valence electrons. The molecule has 1 aromatic carbocycles. The van der Waals surface area contributed by atoms with Gasteiger partial charge in [0.15, 0.2) is 0 Å². The molecule has 2 nitrogen and oxygen atoms in total. The summed E-state index contributed by atoms with van der Waals surface area (Å²) in [5.74, 6) is 0. The molecule has 0 fully saturated rings. The summed E-state index contributed by atoms with van der Waals surface area (Å²) < 4.78 is 2.94. The number of hydrogen-bond acceptors (Lipinski definition) is 4. The lowest BCUT2D eigenvalue weighted by atomic mass is 9.88. The van der Waals surface area contributed by atoms with Crippen LogP contribution in [0.4, 0.5) is 0 Å². The summed E-state index contributed by atoms with van der Waals surface area (Å²) in [7, 11) is 0. The van der Waals surface area contributed by atoms with E-state index in [-0.39, 0.29) is 10.7 Å². The summed E-state index contributed by atoms with van der Waals surface area (Å²) in [5, 5.41) is 3.46. The first kappa shape index (κ1) is 20.9. The molecule has 0 N–H and O–H groups in total. The van der Waals surface area contributed by atoms with Crippen LogP contribution in [0, 0.1) is 0 Å². The molecule has 0 aliphatic carbocycles. The molecular formula is C20H20Cl2N2S3. The van der Waals surface area contributed by atoms with Gasteiger partial charge < -0.3 is 4.57 Å². The molecule has 1 unspecified atom stereocenters. The van der Waals surface area contributed by atoms with Gasteiger partial charge in [0.25, 0.3) is 0 Å². The molecule has 0 bridgehead atoms. The van der Waals surface area contributed by atoms with Crippen molar-refractivity contribution >= 4 is 62.7 Å². The minimum absolute atomic E-state index is 0.0533. The molecule has 0 aliphatic heterocycles. The molecule has 1 atom stereocenters. The van der Waals surface area contributed by atoms with E-state index in [0.717, 1.165) is 16.3 Å². The minimum Gasteiger partial charge on any atom is -0.336 e. The van der Waals surface area contributed by atoms with Crippen LogP contribution in [0.1, 0.15) is 42.0 Å². The maximum Gasteiger partial charge on any atom is 0.0946 e. The van der Waals surface area contributed by atoms with E-state index in [1.165, 1.54) is 10.4 Å². The second kappa shape index (κ2) is 8.66. The highest BCUT2D eigenvalue weighted by Crippen LogP contribution is 2.41. The van der Waals surface area contributed by atoms with Crippen molar-refractivity contribution in [1.29, 1.82) is 0 Å². The van der Waals surface area contributed by atoms with Crippen molar-refractivity contribution in [2.75, 3.05) is 0 Å². The molecule has 0 radical (unpaired) electrons. The van der Waals surface area contributed by atoms with E-state index in [9.17, 15) is 0 Å². The maximum atomic E-state index is 6.51. The van der Waals surface area contributed by atoms with Crippen molar-refractivity contribution in [3.05, 3.63) is 74.4 Å². The van der Waals surface area contributed by atoms with E-state index in [2.05, 4.69) is 37.2 Å². The number of thiophene rings is 1. The Morgan fingerprint density at radius 1 is 1.30 bits per heavy atom. The predicted octanol–water partition coefficient (Wildman–Crippen LogP) is 7.40. The van der Waals surface area contributed by atoms with E-state index in [0.29, 0.717) is 10.0 Å². The van der Waals surface area contributed by atoms with Gasteiger partial charge in [0, 0.05) is 29.0 Å². The van der Waals surface area contributed by atoms with E-state index in [1.807, 2.05) is 29.2 Å². The molecule has 27 heavy (non-hydrogen) atoms. The van der Waals surface area contributed by atoms with Crippen LogP contribution in [-0.2, 0) is 12.0 Å². The zero-order chi connectivity index (χ0) is 19.6. The zero-order valence-electron chi connectivity index (χ0n) is 15.3. The first-order valence-electron chi connectivity index (χ1n) is 8.45. The molecule has 0 saturated heterocycles. The Bertz CT molecular complexity index is 927. The molecule has 2 heterocycles. The van der Waals surface area contributed by atoms with Gasteiger partial charge in [0.05, 0.1) is 20.7 Å². The van der Waals surface area contributed by atoms with Crippen LogP contribution in [0.25, 0.3) is 0 Å². The average Bonchev–Trinajstić information content (AvgIpc) is 3.25. The predicted molar refractivity (Wildman–Crippen MR) is 124 cm³/mol. The number of thiocarbonyl (C=S) groups is 1. The summed E-state index contributed by atoms with van der Waals surface area (Å²) in [6.45, 7) is 7.36. The number of nitrogens with zero attached hydrogens (tertiary/aromatic N) is 2. The number of halogens is 2. The zero-order valence-corrected chi connectivity index (χ0v) is 19.2. The van der Waals surface area contributed by atoms with Gasteiger partial charge in [-0.15, -0.1) is 23.1 Å². The lowest BCUT2D eigenvalue weighted by Gasteiger charge is -2.22. The minimum atomic E-state index is 0.0533.